The molecule has 2 aromatic heterocycles. The van der Waals surface area contributed by atoms with Crippen LogP contribution < -0.4 is 0 Å². The van der Waals surface area contributed by atoms with Gasteiger partial charge in [-0.1, -0.05) is 47.9 Å². The molecule has 132 valence electrons. The van der Waals surface area contributed by atoms with Crippen molar-refractivity contribution in [1.82, 2.24) is 14.4 Å². The van der Waals surface area contributed by atoms with E-state index < -0.39 is 10.0 Å². The van der Waals surface area contributed by atoms with Crippen LogP contribution in [-0.2, 0) is 22.3 Å². The number of halogens is 1. The van der Waals surface area contributed by atoms with Gasteiger partial charge in [0.15, 0.2) is 0 Å². The van der Waals surface area contributed by atoms with Gasteiger partial charge >= 0.3 is 0 Å². The lowest BCUT2D eigenvalue weighted by Crippen LogP contribution is -2.31. The van der Waals surface area contributed by atoms with Crippen molar-refractivity contribution < 1.29 is 12.9 Å². The highest BCUT2D eigenvalue weighted by atomic mass is 35.5. The topological polar surface area (TPSA) is 76.3 Å². The molecule has 2 heterocycles. The van der Waals surface area contributed by atoms with Gasteiger partial charge in [0, 0.05) is 11.6 Å². The summed E-state index contributed by atoms with van der Waals surface area (Å²) in [6, 6.07) is 10.7. The first-order chi connectivity index (χ1) is 12.0. The molecule has 0 atom stereocenters. The molecule has 0 bridgehead atoms. The average molecular weight is 398 g/mol. The molecule has 0 N–H and O–H groups in total. The minimum Gasteiger partial charge on any atom is -0.337 e. The fourth-order valence-electron chi connectivity index (χ4n) is 2.29. The van der Waals surface area contributed by atoms with E-state index in [1.54, 1.807) is 31.2 Å². The van der Waals surface area contributed by atoms with Crippen LogP contribution in [0.4, 0.5) is 0 Å². The molecule has 0 fully saturated rings. The average Bonchev–Trinajstić information content (AvgIpc) is 3.25. The molecule has 0 saturated carbocycles. The monoisotopic (exact) mass is 397 g/mol. The van der Waals surface area contributed by atoms with Gasteiger partial charge < -0.3 is 4.52 Å². The van der Waals surface area contributed by atoms with Gasteiger partial charge in [0.25, 0.3) is 0 Å². The Morgan fingerprint density at radius 2 is 2.04 bits per heavy atom. The Hall–Kier alpha value is -1.74. The Labute approximate surface area is 155 Å². The van der Waals surface area contributed by atoms with Gasteiger partial charge in [-0.25, -0.2) is 8.42 Å². The highest BCUT2D eigenvalue weighted by molar-refractivity contribution is 7.88. The Morgan fingerprint density at radius 1 is 1.24 bits per heavy atom. The number of hydrogen-bond donors (Lipinski definition) is 0. The molecule has 0 aliphatic carbocycles. The number of sulfonamides is 1. The summed E-state index contributed by atoms with van der Waals surface area (Å²) in [6.07, 6.45) is 0. The predicted octanol–water partition coefficient (Wildman–Crippen LogP) is 3.80. The van der Waals surface area contributed by atoms with Crippen LogP contribution in [0.1, 0.15) is 18.4 Å². The highest BCUT2D eigenvalue weighted by Crippen LogP contribution is 2.23. The van der Waals surface area contributed by atoms with E-state index in [1.807, 2.05) is 17.5 Å². The number of aromatic nitrogens is 2. The fraction of sp³-hybridized carbons (Fsp3) is 0.250. The van der Waals surface area contributed by atoms with Crippen molar-refractivity contribution >= 4 is 33.0 Å². The van der Waals surface area contributed by atoms with E-state index in [0.717, 1.165) is 4.88 Å². The number of hydrogen-bond acceptors (Lipinski definition) is 6. The van der Waals surface area contributed by atoms with Gasteiger partial charge in [-0.15, -0.1) is 11.3 Å². The van der Waals surface area contributed by atoms with E-state index in [4.69, 9.17) is 16.1 Å². The van der Waals surface area contributed by atoms with E-state index in [0.29, 0.717) is 23.0 Å². The fourth-order valence-corrected chi connectivity index (χ4v) is 4.74. The molecular formula is C16H16ClN3O3S2. The predicted molar refractivity (Wildman–Crippen MR) is 97.8 cm³/mol. The zero-order chi connectivity index (χ0) is 17.9. The first-order valence-electron chi connectivity index (χ1n) is 7.57. The molecule has 0 spiro atoms. The number of thiophene rings is 1. The zero-order valence-electron chi connectivity index (χ0n) is 13.4. The van der Waals surface area contributed by atoms with Gasteiger partial charge in [-0.2, -0.15) is 9.29 Å². The standard InChI is InChI=1S/C16H16ClN3O3S2/c1-2-20(25(21,22)11-12-6-3-4-7-13(12)17)10-15-18-16(19-23-15)14-8-5-9-24-14/h3-9H,2,10-11H2,1H3. The molecule has 0 saturated heterocycles. The lowest BCUT2D eigenvalue weighted by Gasteiger charge is -2.18. The van der Waals surface area contributed by atoms with Gasteiger partial charge in [-0.3, -0.25) is 0 Å². The quantitative estimate of drug-likeness (QED) is 0.606. The van der Waals surface area contributed by atoms with Crippen LogP contribution in [0.25, 0.3) is 10.7 Å². The summed E-state index contributed by atoms with van der Waals surface area (Å²) in [4.78, 5) is 5.15. The lowest BCUT2D eigenvalue weighted by atomic mass is 10.2. The summed E-state index contributed by atoms with van der Waals surface area (Å²) in [5.41, 5.74) is 0.562. The smallest absolute Gasteiger partial charge is 0.242 e. The molecule has 9 heteroatoms. The zero-order valence-corrected chi connectivity index (χ0v) is 15.8. The third kappa shape index (κ3) is 4.27. The second kappa shape index (κ2) is 7.65. The number of rotatable bonds is 7. The van der Waals surface area contributed by atoms with Gasteiger partial charge in [0.1, 0.15) is 0 Å². The molecule has 0 amide bonds. The molecule has 3 aromatic rings. The minimum atomic E-state index is -3.57. The number of nitrogens with zero attached hydrogens (tertiary/aromatic N) is 3. The Balaban J connectivity index is 1.76. The maximum atomic E-state index is 12.7. The molecule has 3 rings (SSSR count). The van der Waals surface area contributed by atoms with Crippen LogP contribution in [0.5, 0.6) is 0 Å². The first-order valence-corrected chi connectivity index (χ1v) is 10.4. The summed E-state index contributed by atoms with van der Waals surface area (Å²) >= 11 is 7.57. The molecule has 25 heavy (non-hydrogen) atoms. The Bertz CT molecular complexity index is 939. The maximum Gasteiger partial charge on any atom is 0.242 e. The van der Waals surface area contributed by atoms with Crippen molar-refractivity contribution in [3.8, 4) is 10.7 Å². The number of benzene rings is 1. The summed E-state index contributed by atoms with van der Waals surface area (Å²) in [6.45, 7) is 2.09. The van der Waals surface area contributed by atoms with Crippen molar-refractivity contribution in [3.63, 3.8) is 0 Å². The largest absolute Gasteiger partial charge is 0.337 e. The van der Waals surface area contributed by atoms with Crippen LogP contribution in [0, 0.1) is 0 Å². The van der Waals surface area contributed by atoms with Crippen LogP contribution in [0.2, 0.25) is 5.02 Å². The van der Waals surface area contributed by atoms with Crippen LogP contribution >= 0.6 is 22.9 Å². The summed E-state index contributed by atoms with van der Waals surface area (Å²) in [5, 5.41) is 6.25. The molecular weight excluding hydrogens is 382 g/mol. The van der Waals surface area contributed by atoms with E-state index in [-0.39, 0.29) is 18.2 Å². The molecule has 0 unspecified atom stereocenters. The van der Waals surface area contributed by atoms with Gasteiger partial charge in [-0.05, 0) is 23.1 Å². The summed E-state index contributed by atoms with van der Waals surface area (Å²) in [5.74, 6) is 0.546. The van der Waals surface area contributed by atoms with Crippen LogP contribution in [-0.4, -0.2) is 29.4 Å². The van der Waals surface area contributed by atoms with Gasteiger partial charge in [0.05, 0.1) is 17.2 Å². The highest BCUT2D eigenvalue weighted by Gasteiger charge is 2.24. The normalized spacial score (nSPS) is 12.0. The SMILES string of the molecule is CCN(Cc1nc(-c2cccs2)no1)S(=O)(=O)Cc1ccccc1Cl. The lowest BCUT2D eigenvalue weighted by molar-refractivity contribution is 0.321. The van der Waals surface area contributed by atoms with Gasteiger partial charge in [0.2, 0.25) is 21.7 Å². The Kier molecular flexibility index (Phi) is 5.53. The molecule has 6 nitrogen and oxygen atoms in total. The van der Waals surface area contributed by atoms with Crippen LogP contribution in [0.15, 0.2) is 46.3 Å². The van der Waals surface area contributed by atoms with Crippen molar-refractivity contribution in [3.05, 3.63) is 58.3 Å². The van der Waals surface area contributed by atoms with E-state index in [2.05, 4.69) is 10.1 Å². The Morgan fingerprint density at radius 3 is 2.72 bits per heavy atom. The van der Waals surface area contributed by atoms with Crippen molar-refractivity contribution in [1.29, 1.82) is 0 Å². The summed E-state index contributed by atoms with van der Waals surface area (Å²) < 4.78 is 31.9. The van der Waals surface area contributed by atoms with E-state index >= 15 is 0 Å². The third-order valence-corrected chi connectivity index (χ3v) is 6.65. The second-order valence-electron chi connectivity index (χ2n) is 5.26. The third-order valence-electron chi connectivity index (χ3n) is 3.56. The second-order valence-corrected chi connectivity index (χ2v) is 8.59. The van der Waals surface area contributed by atoms with E-state index in [9.17, 15) is 8.42 Å². The first kappa shape index (κ1) is 18.1. The van der Waals surface area contributed by atoms with Crippen molar-refractivity contribution in [2.24, 2.45) is 0 Å². The molecule has 0 radical (unpaired) electrons. The van der Waals surface area contributed by atoms with Crippen molar-refractivity contribution in [2.75, 3.05) is 6.54 Å². The molecule has 0 aliphatic heterocycles. The summed E-state index contributed by atoms with van der Waals surface area (Å²) in [7, 11) is -3.57. The van der Waals surface area contributed by atoms with E-state index in [1.165, 1.54) is 15.6 Å². The maximum absolute atomic E-state index is 12.7. The van der Waals surface area contributed by atoms with Crippen LogP contribution in [0.3, 0.4) is 0 Å². The van der Waals surface area contributed by atoms with Crippen molar-refractivity contribution in [2.45, 2.75) is 19.2 Å². The molecule has 0 aliphatic rings. The minimum absolute atomic E-state index is 0.0294. The molecule has 1 aromatic carbocycles.